The van der Waals surface area contributed by atoms with Crippen molar-refractivity contribution >= 4 is 33.3 Å². The molecule has 43 heavy (non-hydrogen) atoms. The second-order valence-electron chi connectivity index (χ2n) is 10.9. The van der Waals surface area contributed by atoms with Crippen LogP contribution in [0.4, 0.5) is 5.69 Å². The van der Waals surface area contributed by atoms with E-state index in [4.69, 9.17) is 0 Å². The van der Waals surface area contributed by atoms with E-state index in [1.54, 1.807) is 24.3 Å². The first-order chi connectivity index (χ1) is 20.6. The molecule has 1 N–H and O–H groups in total. The Bertz CT molecular complexity index is 1760. The maximum Gasteiger partial charge on any atom is 0.289 e. The monoisotopic (exact) mass is 600 g/mol. The number of nitro groups is 1. The molecular formula is C31H28N4O7S. The van der Waals surface area contributed by atoms with E-state index in [0.29, 0.717) is 5.56 Å². The molecule has 0 saturated carbocycles. The lowest BCUT2D eigenvalue weighted by Crippen LogP contribution is -2.61. The minimum absolute atomic E-state index is 0.0101. The van der Waals surface area contributed by atoms with Crippen LogP contribution in [0.1, 0.15) is 18.1 Å². The number of nitrogens with one attached hydrogen (secondary N) is 1. The SMILES string of the molecule is CC(=O)[C@@H]1[C@@H]2C=C[C@@]3([C@H](C(=O)NCc4ccccc4)N(Cc4ccccc4)C(=O)[C@@H]13)N2S(=O)(=O)c1ccccc1[N+](=O)[O-]. The van der Waals surface area contributed by atoms with Crippen molar-refractivity contribution in [1.29, 1.82) is 0 Å². The Kier molecular flexibility index (Phi) is 6.98. The van der Waals surface area contributed by atoms with Crippen LogP contribution in [0.3, 0.4) is 0 Å². The number of hydrogen-bond donors (Lipinski definition) is 1. The lowest BCUT2D eigenvalue weighted by atomic mass is 9.73. The van der Waals surface area contributed by atoms with Gasteiger partial charge in [0, 0.05) is 19.2 Å². The Labute approximate surface area is 248 Å². The smallest absolute Gasteiger partial charge is 0.289 e. The van der Waals surface area contributed by atoms with Crippen LogP contribution in [0, 0.1) is 22.0 Å². The summed E-state index contributed by atoms with van der Waals surface area (Å²) < 4.78 is 29.9. The predicted octanol–water partition coefficient (Wildman–Crippen LogP) is 2.83. The third kappa shape index (κ3) is 4.36. The topological polar surface area (TPSA) is 147 Å². The molecule has 2 bridgehead atoms. The summed E-state index contributed by atoms with van der Waals surface area (Å²) in [6.45, 7) is 1.40. The molecule has 0 aromatic heterocycles. The first-order valence-electron chi connectivity index (χ1n) is 13.7. The van der Waals surface area contributed by atoms with Crippen LogP contribution < -0.4 is 5.32 Å². The van der Waals surface area contributed by atoms with Gasteiger partial charge >= 0.3 is 0 Å². The quantitative estimate of drug-likeness (QED) is 0.226. The number of carbonyl (C=O) groups is 3. The van der Waals surface area contributed by atoms with Gasteiger partial charge in [-0.25, -0.2) is 8.42 Å². The van der Waals surface area contributed by atoms with Gasteiger partial charge in [-0.05, 0) is 24.1 Å². The van der Waals surface area contributed by atoms with Gasteiger partial charge in [0.05, 0.1) is 28.3 Å². The number of Topliss-reactive ketones (excluding diaryl/α,β-unsaturated/α-hetero) is 1. The van der Waals surface area contributed by atoms with Crippen LogP contribution in [-0.2, 0) is 37.5 Å². The van der Waals surface area contributed by atoms with Crippen molar-refractivity contribution < 1.29 is 27.7 Å². The first kappa shape index (κ1) is 28.4. The molecule has 11 nitrogen and oxygen atoms in total. The second kappa shape index (κ2) is 10.5. The Balaban J connectivity index is 1.52. The molecule has 6 rings (SSSR count). The fourth-order valence-electron chi connectivity index (χ4n) is 6.90. The van der Waals surface area contributed by atoms with Gasteiger partial charge in [-0.2, -0.15) is 4.31 Å². The van der Waals surface area contributed by atoms with Crippen LogP contribution in [0.5, 0.6) is 0 Å². The highest BCUT2D eigenvalue weighted by atomic mass is 32.2. The molecule has 3 aliphatic heterocycles. The van der Waals surface area contributed by atoms with Gasteiger partial charge in [-0.1, -0.05) is 84.9 Å². The maximum absolute atomic E-state index is 14.5. The molecule has 220 valence electrons. The van der Waals surface area contributed by atoms with E-state index >= 15 is 0 Å². The van der Waals surface area contributed by atoms with Crippen LogP contribution >= 0.6 is 0 Å². The zero-order valence-corrected chi connectivity index (χ0v) is 23.9. The Hall–Kier alpha value is -4.68. The number of fused-ring (bicyclic) bond motifs is 1. The minimum atomic E-state index is -4.72. The van der Waals surface area contributed by atoms with Crippen molar-refractivity contribution in [2.24, 2.45) is 11.8 Å². The Morgan fingerprint density at radius 3 is 2.19 bits per heavy atom. The Morgan fingerprint density at radius 2 is 1.56 bits per heavy atom. The highest BCUT2D eigenvalue weighted by Crippen LogP contribution is 2.59. The van der Waals surface area contributed by atoms with Gasteiger partial charge in [0.25, 0.3) is 15.7 Å². The third-order valence-corrected chi connectivity index (χ3v) is 10.5. The molecule has 1 spiro atoms. The van der Waals surface area contributed by atoms with E-state index in [0.717, 1.165) is 22.0 Å². The number of carbonyl (C=O) groups excluding carboxylic acids is 3. The van der Waals surface area contributed by atoms with E-state index in [1.165, 1.54) is 36.1 Å². The molecule has 0 aliphatic carbocycles. The van der Waals surface area contributed by atoms with E-state index in [9.17, 15) is 32.9 Å². The summed E-state index contributed by atoms with van der Waals surface area (Å²) in [5.74, 6) is -3.83. The molecule has 0 radical (unpaired) electrons. The minimum Gasteiger partial charge on any atom is -0.350 e. The molecule has 3 aliphatic rings. The van der Waals surface area contributed by atoms with Crippen molar-refractivity contribution in [3.05, 3.63) is 118 Å². The van der Waals surface area contributed by atoms with Crippen molar-refractivity contribution in [1.82, 2.24) is 14.5 Å². The highest BCUT2D eigenvalue weighted by Gasteiger charge is 2.77. The summed E-state index contributed by atoms with van der Waals surface area (Å²) in [6, 6.07) is 20.5. The summed E-state index contributed by atoms with van der Waals surface area (Å²) in [7, 11) is -4.72. The van der Waals surface area contributed by atoms with Gasteiger partial charge < -0.3 is 10.2 Å². The number of nitrogens with zero attached hydrogens (tertiary/aromatic N) is 3. The predicted molar refractivity (Wildman–Crippen MR) is 155 cm³/mol. The van der Waals surface area contributed by atoms with E-state index in [-0.39, 0.29) is 13.1 Å². The number of benzene rings is 3. The first-order valence-corrected chi connectivity index (χ1v) is 15.2. The number of rotatable bonds is 9. The lowest BCUT2D eigenvalue weighted by Gasteiger charge is -2.38. The zero-order valence-electron chi connectivity index (χ0n) is 23.1. The van der Waals surface area contributed by atoms with Gasteiger partial charge in [-0.3, -0.25) is 24.5 Å². The standard InChI is InChI=1S/C31H28N4O7S/c1-20(36)26-24-16-17-31(34(24)43(41,42)25-15-9-8-14-23(25)35(39)40)27(26)30(38)33(19-22-12-6-3-7-13-22)28(31)29(37)32-18-21-10-4-2-5-11-21/h2-17,24,26-28H,18-19H2,1H3,(H,32,37)/t24-,26+,27+,28-,31+/m0/s1. The average Bonchev–Trinajstić information content (AvgIpc) is 3.61. The van der Waals surface area contributed by atoms with Gasteiger partial charge in [0.1, 0.15) is 11.8 Å². The van der Waals surface area contributed by atoms with Gasteiger partial charge in [0.15, 0.2) is 4.90 Å². The molecule has 12 heteroatoms. The normalized spacial score (nSPS) is 26.0. The van der Waals surface area contributed by atoms with Crippen LogP contribution in [0.25, 0.3) is 0 Å². The summed E-state index contributed by atoms with van der Waals surface area (Å²) in [5, 5.41) is 14.8. The summed E-state index contributed by atoms with van der Waals surface area (Å²) >= 11 is 0. The number of para-hydroxylation sites is 1. The molecule has 3 heterocycles. The fourth-order valence-corrected chi connectivity index (χ4v) is 8.98. The van der Waals surface area contributed by atoms with Crippen LogP contribution in [-0.4, -0.2) is 57.8 Å². The maximum atomic E-state index is 14.5. The Morgan fingerprint density at radius 1 is 0.953 bits per heavy atom. The van der Waals surface area contributed by atoms with Crippen molar-refractivity contribution in [2.75, 3.05) is 0 Å². The third-order valence-electron chi connectivity index (χ3n) is 8.56. The molecule has 2 fully saturated rings. The number of nitro benzene ring substituents is 1. The number of likely N-dealkylation sites (tertiary alicyclic amines) is 1. The van der Waals surface area contributed by atoms with E-state index in [1.807, 2.05) is 36.4 Å². The summed E-state index contributed by atoms with van der Waals surface area (Å²) in [5.41, 5.74) is -0.937. The van der Waals surface area contributed by atoms with Crippen molar-refractivity contribution in [3.8, 4) is 0 Å². The van der Waals surface area contributed by atoms with Gasteiger partial charge in [-0.15, -0.1) is 0 Å². The molecule has 2 saturated heterocycles. The van der Waals surface area contributed by atoms with Crippen LogP contribution in [0.15, 0.2) is 102 Å². The molecule has 2 amide bonds. The summed E-state index contributed by atoms with van der Waals surface area (Å²) in [6.07, 6.45) is 3.06. The fraction of sp³-hybridized carbons (Fsp3) is 0.258. The number of hydrogen-bond acceptors (Lipinski definition) is 7. The van der Waals surface area contributed by atoms with Gasteiger partial charge in [0.2, 0.25) is 11.8 Å². The lowest BCUT2D eigenvalue weighted by molar-refractivity contribution is -0.387. The average molecular weight is 601 g/mol. The number of ketones is 1. The van der Waals surface area contributed by atoms with Crippen molar-refractivity contribution in [3.63, 3.8) is 0 Å². The van der Waals surface area contributed by atoms with Crippen molar-refractivity contribution in [2.45, 2.75) is 42.5 Å². The molecule has 5 atom stereocenters. The number of sulfonamides is 1. The molecular weight excluding hydrogens is 572 g/mol. The van der Waals surface area contributed by atoms with E-state index in [2.05, 4.69) is 5.32 Å². The van der Waals surface area contributed by atoms with E-state index < -0.39 is 72.6 Å². The van der Waals surface area contributed by atoms with Crippen LogP contribution in [0.2, 0.25) is 0 Å². The highest BCUT2D eigenvalue weighted by molar-refractivity contribution is 7.89. The zero-order chi connectivity index (χ0) is 30.5. The molecule has 3 aromatic carbocycles. The number of amides is 2. The largest absolute Gasteiger partial charge is 0.350 e. The summed E-state index contributed by atoms with van der Waals surface area (Å²) in [4.78, 5) is 53.5. The molecule has 0 unspecified atom stereocenters. The second-order valence-corrected chi connectivity index (χ2v) is 12.7. The molecule has 3 aromatic rings.